The largest absolute Gasteiger partial charge is 0.467 e. The molecule has 176 valence electrons. The maximum Gasteiger partial charge on any atom is 0.252 e. The van der Waals surface area contributed by atoms with Gasteiger partial charge in [-0.25, -0.2) is 0 Å². The molecule has 2 heterocycles. The van der Waals surface area contributed by atoms with E-state index in [0.29, 0.717) is 38.3 Å². The van der Waals surface area contributed by atoms with Crippen molar-refractivity contribution >= 4 is 46.4 Å². The Bertz CT molecular complexity index is 1220. The van der Waals surface area contributed by atoms with E-state index in [2.05, 4.69) is 5.32 Å². The monoisotopic (exact) mass is 497 g/mol. The first-order valence-corrected chi connectivity index (χ1v) is 11.9. The summed E-state index contributed by atoms with van der Waals surface area (Å²) in [4.78, 5) is 33.1. The van der Waals surface area contributed by atoms with Crippen LogP contribution in [0.15, 0.2) is 70.3 Å². The first-order valence-electron chi connectivity index (χ1n) is 11.1. The van der Waals surface area contributed by atoms with Crippen LogP contribution in [0.1, 0.15) is 37.2 Å². The summed E-state index contributed by atoms with van der Waals surface area (Å²) in [6.07, 6.45) is 2.29. The fourth-order valence-corrected chi connectivity index (χ4v) is 4.30. The molecule has 1 aliphatic heterocycles. The minimum atomic E-state index is -0.680. The molecule has 0 radical (unpaired) electrons. The van der Waals surface area contributed by atoms with Gasteiger partial charge in [0.15, 0.2) is 0 Å². The van der Waals surface area contributed by atoms with Crippen molar-refractivity contribution in [2.75, 3.05) is 11.4 Å². The molecule has 2 amide bonds. The molecule has 2 atom stereocenters. The first kappa shape index (κ1) is 24.0. The summed E-state index contributed by atoms with van der Waals surface area (Å²) < 4.78 is 5.28. The molecule has 2 aromatic carbocycles. The van der Waals surface area contributed by atoms with Crippen LogP contribution < -0.4 is 10.2 Å². The minimum Gasteiger partial charge on any atom is -0.467 e. The number of hydrogen-bond acceptors (Lipinski definition) is 4. The lowest BCUT2D eigenvalue weighted by atomic mass is 9.97. The van der Waals surface area contributed by atoms with Crippen LogP contribution in [-0.4, -0.2) is 30.1 Å². The van der Waals surface area contributed by atoms with Gasteiger partial charge in [0.2, 0.25) is 5.91 Å². The Balaban J connectivity index is 1.77. The molecule has 4 rings (SSSR count). The highest BCUT2D eigenvalue weighted by atomic mass is 35.5. The fraction of sp³-hybridized carbons (Fsp3) is 0.269. The molecule has 0 unspecified atom stereocenters. The van der Waals surface area contributed by atoms with Gasteiger partial charge in [-0.1, -0.05) is 61.7 Å². The van der Waals surface area contributed by atoms with Crippen LogP contribution in [0.25, 0.3) is 0 Å². The van der Waals surface area contributed by atoms with E-state index in [9.17, 15) is 9.59 Å². The average Bonchev–Trinajstić information content (AvgIpc) is 3.32. The van der Waals surface area contributed by atoms with Crippen molar-refractivity contribution in [3.05, 3.63) is 87.8 Å². The molecule has 0 bridgehead atoms. The number of hydrogen-bond donors (Lipinski definition) is 1. The molecule has 1 aliphatic rings. The highest BCUT2D eigenvalue weighted by Crippen LogP contribution is 2.34. The molecule has 8 heteroatoms. The molecule has 0 saturated heterocycles. The number of fused-ring (bicyclic) bond motifs is 1. The number of amides is 2. The minimum absolute atomic E-state index is 0.0524. The standard InChI is InChI=1S/C26H25Cl2N3O3/c1-3-16(2)24-26(33)31(15-23(32)29-14-18-7-6-12-34-18)22-11-10-17(27)13-20(22)25(30-24)19-8-4-5-9-21(19)28/h4-13,16,24H,3,14-15H2,1-2H3,(H,29,32)/t16-,24+/m1/s1. The van der Waals surface area contributed by atoms with Crippen molar-refractivity contribution in [1.82, 2.24) is 5.32 Å². The summed E-state index contributed by atoms with van der Waals surface area (Å²) in [5, 5.41) is 3.83. The van der Waals surface area contributed by atoms with Crippen molar-refractivity contribution in [3.63, 3.8) is 0 Å². The number of anilines is 1. The van der Waals surface area contributed by atoms with E-state index in [1.807, 2.05) is 32.0 Å². The SMILES string of the molecule is CC[C@@H](C)[C@@H]1N=C(c2ccccc2Cl)c2cc(Cl)ccc2N(CC(=O)NCc2ccco2)C1=O. The number of halogens is 2. The second kappa shape index (κ2) is 10.5. The van der Waals surface area contributed by atoms with Crippen LogP contribution in [-0.2, 0) is 16.1 Å². The van der Waals surface area contributed by atoms with Gasteiger partial charge >= 0.3 is 0 Å². The van der Waals surface area contributed by atoms with E-state index in [1.165, 1.54) is 4.90 Å². The Morgan fingerprint density at radius 2 is 1.94 bits per heavy atom. The molecule has 6 nitrogen and oxygen atoms in total. The fourth-order valence-electron chi connectivity index (χ4n) is 3.90. The van der Waals surface area contributed by atoms with Crippen LogP contribution in [0.3, 0.4) is 0 Å². The number of benzene rings is 2. The van der Waals surface area contributed by atoms with E-state index >= 15 is 0 Å². The Kier molecular flexibility index (Phi) is 7.39. The molecular formula is C26H25Cl2N3O3. The normalized spacial score (nSPS) is 16.5. The van der Waals surface area contributed by atoms with Gasteiger partial charge in [-0.15, -0.1) is 0 Å². The predicted molar refractivity (Wildman–Crippen MR) is 135 cm³/mol. The van der Waals surface area contributed by atoms with Crippen LogP contribution in [0.5, 0.6) is 0 Å². The van der Waals surface area contributed by atoms with Crippen molar-refractivity contribution in [3.8, 4) is 0 Å². The Morgan fingerprint density at radius 1 is 1.15 bits per heavy atom. The molecule has 1 N–H and O–H groups in total. The van der Waals surface area contributed by atoms with Gasteiger partial charge < -0.3 is 14.6 Å². The van der Waals surface area contributed by atoms with Gasteiger partial charge in [-0.2, -0.15) is 0 Å². The van der Waals surface area contributed by atoms with Gasteiger partial charge in [0.1, 0.15) is 18.3 Å². The van der Waals surface area contributed by atoms with Crippen LogP contribution >= 0.6 is 23.2 Å². The summed E-state index contributed by atoms with van der Waals surface area (Å²) in [5.74, 6) is 0.0240. The van der Waals surface area contributed by atoms with E-state index in [-0.39, 0.29) is 30.8 Å². The second-order valence-corrected chi connectivity index (χ2v) is 9.07. The van der Waals surface area contributed by atoms with Gasteiger partial charge in [0, 0.05) is 21.2 Å². The third kappa shape index (κ3) is 5.03. The third-order valence-corrected chi connectivity index (χ3v) is 6.51. The van der Waals surface area contributed by atoms with Gasteiger partial charge in [-0.05, 0) is 42.3 Å². The zero-order valence-corrected chi connectivity index (χ0v) is 20.4. The topological polar surface area (TPSA) is 74.9 Å². The van der Waals surface area contributed by atoms with Crippen molar-refractivity contribution < 1.29 is 14.0 Å². The van der Waals surface area contributed by atoms with Crippen molar-refractivity contribution in [2.24, 2.45) is 10.9 Å². The van der Waals surface area contributed by atoms with Crippen LogP contribution in [0.4, 0.5) is 5.69 Å². The van der Waals surface area contributed by atoms with Gasteiger partial charge in [0.05, 0.1) is 24.2 Å². The van der Waals surface area contributed by atoms with Gasteiger partial charge in [-0.3, -0.25) is 14.6 Å². The number of rotatable bonds is 7. The zero-order chi connectivity index (χ0) is 24.2. The Hall–Kier alpha value is -3.09. The summed E-state index contributed by atoms with van der Waals surface area (Å²) >= 11 is 12.9. The summed E-state index contributed by atoms with van der Waals surface area (Å²) in [7, 11) is 0. The Labute approximate surface area is 208 Å². The molecule has 1 aromatic heterocycles. The number of carbonyl (C=O) groups excluding carboxylic acids is 2. The highest BCUT2D eigenvalue weighted by Gasteiger charge is 2.36. The lowest BCUT2D eigenvalue weighted by molar-refractivity contribution is -0.125. The number of nitrogens with zero attached hydrogens (tertiary/aromatic N) is 2. The van der Waals surface area contributed by atoms with E-state index < -0.39 is 6.04 Å². The molecular weight excluding hydrogens is 473 g/mol. The Morgan fingerprint density at radius 3 is 2.65 bits per heavy atom. The smallest absolute Gasteiger partial charge is 0.252 e. The predicted octanol–water partition coefficient (Wildman–Crippen LogP) is 5.50. The van der Waals surface area contributed by atoms with Crippen LogP contribution in [0, 0.1) is 5.92 Å². The average molecular weight is 498 g/mol. The third-order valence-electron chi connectivity index (χ3n) is 5.95. The quantitative estimate of drug-likeness (QED) is 0.468. The lowest BCUT2D eigenvalue weighted by Crippen LogP contribution is -2.46. The van der Waals surface area contributed by atoms with Gasteiger partial charge in [0.25, 0.3) is 5.91 Å². The molecule has 0 aliphatic carbocycles. The number of benzodiazepines with no additional fused rings is 1. The van der Waals surface area contributed by atoms with E-state index in [1.54, 1.807) is 42.7 Å². The lowest BCUT2D eigenvalue weighted by Gasteiger charge is -2.26. The summed E-state index contributed by atoms with van der Waals surface area (Å²) in [6.45, 7) is 4.07. The highest BCUT2D eigenvalue weighted by molar-refractivity contribution is 6.37. The number of carbonyl (C=O) groups is 2. The molecule has 0 spiro atoms. The number of nitrogens with one attached hydrogen (secondary N) is 1. The maximum absolute atomic E-state index is 13.8. The van der Waals surface area contributed by atoms with Crippen molar-refractivity contribution in [1.29, 1.82) is 0 Å². The molecule has 0 fully saturated rings. The summed E-state index contributed by atoms with van der Waals surface area (Å²) in [6, 6.07) is 15.4. The number of aliphatic imine (C=N–C) groups is 1. The zero-order valence-electron chi connectivity index (χ0n) is 18.9. The first-order chi connectivity index (χ1) is 16.4. The van der Waals surface area contributed by atoms with E-state index in [0.717, 1.165) is 6.42 Å². The maximum atomic E-state index is 13.8. The summed E-state index contributed by atoms with van der Waals surface area (Å²) in [5.41, 5.74) is 2.50. The molecule has 34 heavy (non-hydrogen) atoms. The number of furan rings is 1. The second-order valence-electron chi connectivity index (χ2n) is 8.23. The van der Waals surface area contributed by atoms with Crippen molar-refractivity contribution in [2.45, 2.75) is 32.9 Å². The molecule has 0 saturated carbocycles. The van der Waals surface area contributed by atoms with Crippen LogP contribution in [0.2, 0.25) is 10.0 Å². The van der Waals surface area contributed by atoms with E-state index in [4.69, 9.17) is 32.6 Å². The molecule has 3 aromatic rings.